The van der Waals surface area contributed by atoms with E-state index in [9.17, 15) is 0 Å². The normalized spacial score (nSPS) is 10.6. The maximum absolute atomic E-state index is 5.23. The van der Waals surface area contributed by atoms with Crippen LogP contribution in [-0.4, -0.2) is 23.1 Å². The van der Waals surface area contributed by atoms with Crippen LogP contribution in [0, 0.1) is 13.8 Å². The minimum Gasteiger partial charge on any atom is -0.478 e. The van der Waals surface area contributed by atoms with Gasteiger partial charge in [0.2, 0.25) is 0 Å². The van der Waals surface area contributed by atoms with Gasteiger partial charge in [-0.2, -0.15) is 0 Å². The lowest BCUT2D eigenvalue weighted by Crippen LogP contribution is -2.19. The summed E-state index contributed by atoms with van der Waals surface area (Å²) in [6.07, 6.45) is 2.13. The van der Waals surface area contributed by atoms with Crippen molar-refractivity contribution in [3.8, 4) is 5.88 Å². The first kappa shape index (κ1) is 12.7. The van der Waals surface area contributed by atoms with E-state index in [1.165, 1.54) is 0 Å². The molecular weight excluding hydrogens is 202 g/mol. The van der Waals surface area contributed by atoms with E-state index in [0.717, 1.165) is 30.0 Å². The molecule has 0 aliphatic heterocycles. The Hall–Kier alpha value is -1.32. The van der Waals surface area contributed by atoms with Crippen molar-refractivity contribution < 1.29 is 4.74 Å². The highest BCUT2D eigenvalue weighted by atomic mass is 16.5. The number of ether oxygens (including phenoxy) is 1. The second-order valence-electron chi connectivity index (χ2n) is 3.91. The zero-order chi connectivity index (χ0) is 12.1. The van der Waals surface area contributed by atoms with Gasteiger partial charge >= 0.3 is 0 Å². The summed E-state index contributed by atoms with van der Waals surface area (Å²) in [4.78, 5) is 8.85. The van der Waals surface area contributed by atoms with Crippen LogP contribution in [0.3, 0.4) is 0 Å². The van der Waals surface area contributed by atoms with Crippen LogP contribution < -0.4 is 10.1 Å². The van der Waals surface area contributed by atoms with Gasteiger partial charge in [0.25, 0.3) is 5.88 Å². The Morgan fingerprint density at radius 3 is 2.19 bits per heavy atom. The van der Waals surface area contributed by atoms with Crippen LogP contribution in [0.15, 0.2) is 0 Å². The van der Waals surface area contributed by atoms with E-state index in [2.05, 4.69) is 29.1 Å². The summed E-state index contributed by atoms with van der Waals surface area (Å²) in [5, 5.41) is 3.37. The van der Waals surface area contributed by atoms with Gasteiger partial charge in [0.15, 0.2) is 5.82 Å². The van der Waals surface area contributed by atoms with Crippen molar-refractivity contribution in [2.75, 3.05) is 12.4 Å². The first-order valence-electron chi connectivity index (χ1n) is 5.78. The maximum atomic E-state index is 5.23. The van der Waals surface area contributed by atoms with Crippen molar-refractivity contribution in [1.29, 1.82) is 0 Å². The van der Waals surface area contributed by atoms with Crippen LogP contribution in [0.25, 0.3) is 0 Å². The number of nitrogens with one attached hydrogen (secondary N) is 1. The van der Waals surface area contributed by atoms with E-state index in [0.29, 0.717) is 11.9 Å². The number of hydrogen-bond acceptors (Lipinski definition) is 4. The molecule has 1 rings (SSSR count). The summed E-state index contributed by atoms with van der Waals surface area (Å²) >= 11 is 0. The Morgan fingerprint density at radius 1 is 1.12 bits per heavy atom. The van der Waals surface area contributed by atoms with Gasteiger partial charge in [0, 0.05) is 6.04 Å². The molecule has 90 valence electrons. The topological polar surface area (TPSA) is 47.0 Å². The van der Waals surface area contributed by atoms with E-state index in [1.807, 2.05) is 13.8 Å². The van der Waals surface area contributed by atoms with Crippen LogP contribution in [0.2, 0.25) is 0 Å². The third-order valence-electron chi connectivity index (χ3n) is 2.79. The molecule has 0 atom stereocenters. The van der Waals surface area contributed by atoms with E-state index in [-0.39, 0.29) is 0 Å². The number of methoxy groups -OCH3 is 1. The minimum atomic E-state index is 0.422. The molecule has 1 N–H and O–H groups in total. The highest BCUT2D eigenvalue weighted by Gasteiger charge is 2.12. The summed E-state index contributed by atoms with van der Waals surface area (Å²) in [6.45, 7) is 8.20. The van der Waals surface area contributed by atoms with Gasteiger partial charge in [0.1, 0.15) is 0 Å². The molecule has 1 aromatic rings. The molecule has 4 heteroatoms. The second kappa shape index (κ2) is 5.68. The zero-order valence-corrected chi connectivity index (χ0v) is 10.8. The molecule has 0 aliphatic rings. The Balaban J connectivity index is 2.97. The number of aromatic nitrogens is 2. The Morgan fingerprint density at radius 2 is 1.69 bits per heavy atom. The molecule has 1 heterocycles. The van der Waals surface area contributed by atoms with Gasteiger partial charge in [-0.25, -0.2) is 9.97 Å². The molecule has 1 aromatic heterocycles. The molecule has 0 aliphatic carbocycles. The van der Waals surface area contributed by atoms with Crippen LogP contribution in [0.1, 0.15) is 38.1 Å². The van der Waals surface area contributed by atoms with E-state index >= 15 is 0 Å². The lowest BCUT2D eigenvalue weighted by Gasteiger charge is -2.17. The third kappa shape index (κ3) is 2.84. The largest absolute Gasteiger partial charge is 0.478 e. The molecule has 0 aromatic carbocycles. The molecule has 0 spiro atoms. The monoisotopic (exact) mass is 223 g/mol. The molecule has 0 saturated heterocycles. The SMILES string of the molecule is CCC(CC)Nc1nc(C)c(C)nc1OC. The standard InChI is InChI=1S/C12H21N3O/c1-6-10(7-2)15-11-12(16-5)14-9(4)8(3)13-11/h10H,6-7H2,1-5H3,(H,13,15). The second-order valence-corrected chi connectivity index (χ2v) is 3.91. The van der Waals surface area contributed by atoms with Crippen LogP contribution in [0.4, 0.5) is 5.82 Å². The van der Waals surface area contributed by atoms with Gasteiger partial charge in [-0.05, 0) is 26.7 Å². The summed E-state index contributed by atoms with van der Waals surface area (Å²) < 4.78 is 5.23. The molecule has 4 nitrogen and oxygen atoms in total. The van der Waals surface area contributed by atoms with E-state index in [4.69, 9.17) is 4.74 Å². The smallest absolute Gasteiger partial charge is 0.257 e. The highest BCUT2D eigenvalue weighted by Crippen LogP contribution is 2.22. The number of hydrogen-bond donors (Lipinski definition) is 1. The fourth-order valence-corrected chi connectivity index (χ4v) is 1.51. The molecule has 16 heavy (non-hydrogen) atoms. The van der Waals surface area contributed by atoms with E-state index < -0.39 is 0 Å². The molecule has 0 fully saturated rings. The van der Waals surface area contributed by atoms with Gasteiger partial charge in [-0.1, -0.05) is 13.8 Å². The lowest BCUT2D eigenvalue weighted by molar-refractivity contribution is 0.395. The van der Waals surface area contributed by atoms with Crippen LogP contribution in [-0.2, 0) is 0 Å². The van der Waals surface area contributed by atoms with Gasteiger partial charge in [-0.15, -0.1) is 0 Å². The zero-order valence-electron chi connectivity index (χ0n) is 10.8. The van der Waals surface area contributed by atoms with Crippen molar-refractivity contribution in [2.45, 2.75) is 46.6 Å². The minimum absolute atomic E-state index is 0.422. The first-order chi connectivity index (χ1) is 7.62. The highest BCUT2D eigenvalue weighted by molar-refractivity contribution is 5.47. The summed E-state index contributed by atoms with van der Waals surface area (Å²) in [5.74, 6) is 1.33. The molecule has 0 radical (unpaired) electrons. The number of anilines is 1. The fraction of sp³-hybridized carbons (Fsp3) is 0.667. The number of aryl methyl sites for hydroxylation is 2. The average Bonchev–Trinajstić information content (AvgIpc) is 2.29. The summed E-state index contributed by atoms with van der Waals surface area (Å²) in [6, 6.07) is 0.422. The first-order valence-corrected chi connectivity index (χ1v) is 5.78. The quantitative estimate of drug-likeness (QED) is 0.833. The average molecular weight is 223 g/mol. The number of nitrogens with zero attached hydrogens (tertiary/aromatic N) is 2. The number of rotatable bonds is 5. The Labute approximate surface area is 97.5 Å². The predicted molar refractivity (Wildman–Crippen MR) is 66.1 cm³/mol. The van der Waals surface area contributed by atoms with Crippen molar-refractivity contribution >= 4 is 5.82 Å². The van der Waals surface area contributed by atoms with E-state index in [1.54, 1.807) is 7.11 Å². The third-order valence-corrected chi connectivity index (χ3v) is 2.79. The van der Waals surface area contributed by atoms with Gasteiger partial charge < -0.3 is 10.1 Å². The fourth-order valence-electron chi connectivity index (χ4n) is 1.51. The Bertz CT molecular complexity index is 348. The predicted octanol–water partition coefficient (Wildman–Crippen LogP) is 2.70. The van der Waals surface area contributed by atoms with Crippen molar-refractivity contribution in [1.82, 2.24) is 9.97 Å². The lowest BCUT2D eigenvalue weighted by atomic mass is 10.2. The molecule has 0 bridgehead atoms. The molecule has 0 amide bonds. The van der Waals surface area contributed by atoms with Crippen molar-refractivity contribution in [2.24, 2.45) is 0 Å². The summed E-state index contributed by atoms with van der Waals surface area (Å²) in [7, 11) is 1.62. The van der Waals surface area contributed by atoms with Crippen molar-refractivity contribution in [3.63, 3.8) is 0 Å². The maximum Gasteiger partial charge on any atom is 0.257 e. The van der Waals surface area contributed by atoms with Gasteiger partial charge in [0.05, 0.1) is 18.5 Å². The molecular formula is C12H21N3O. The van der Waals surface area contributed by atoms with Crippen LogP contribution >= 0.6 is 0 Å². The van der Waals surface area contributed by atoms with Crippen molar-refractivity contribution in [3.05, 3.63) is 11.4 Å². The molecule has 0 saturated carbocycles. The van der Waals surface area contributed by atoms with Crippen LogP contribution in [0.5, 0.6) is 5.88 Å². The Kier molecular flexibility index (Phi) is 4.52. The summed E-state index contributed by atoms with van der Waals surface area (Å²) in [5.41, 5.74) is 1.85. The van der Waals surface area contributed by atoms with Gasteiger partial charge in [-0.3, -0.25) is 0 Å². The molecule has 0 unspecified atom stereocenters.